The number of nitrogens with one attached hydrogen (secondary N) is 1. The summed E-state index contributed by atoms with van der Waals surface area (Å²) in [6.07, 6.45) is 10.7. The van der Waals surface area contributed by atoms with Crippen LogP contribution in [0.4, 0.5) is 0 Å². The number of rotatable bonds is 7. The fraction of sp³-hybridized carbons (Fsp3) is 0.938. The first kappa shape index (κ1) is 18.7. The zero-order chi connectivity index (χ0) is 14.2. The molecule has 0 bridgehead atoms. The van der Waals surface area contributed by atoms with E-state index in [1.807, 2.05) is 0 Å². The van der Waals surface area contributed by atoms with Crippen LogP contribution in [0, 0.1) is 11.8 Å². The molecule has 0 radical (unpaired) electrons. The van der Waals surface area contributed by atoms with Crippen molar-refractivity contribution in [3.8, 4) is 0 Å². The Kier molecular flexibility index (Phi) is 9.29. The predicted octanol–water partition coefficient (Wildman–Crippen LogP) is 2.17. The van der Waals surface area contributed by atoms with Gasteiger partial charge in [0.2, 0.25) is 5.91 Å². The number of nitrogens with two attached hydrogens (primary N) is 1. The van der Waals surface area contributed by atoms with Crippen LogP contribution >= 0.6 is 12.4 Å². The molecule has 0 atom stereocenters. The Hall–Kier alpha value is -0.320. The maximum atomic E-state index is 11.3. The highest BCUT2D eigenvalue weighted by molar-refractivity contribution is 5.85. The number of carbonyl (C=O) groups is 1. The number of halogens is 1. The summed E-state index contributed by atoms with van der Waals surface area (Å²) in [4.78, 5) is 13.6. The van der Waals surface area contributed by atoms with Gasteiger partial charge in [0.05, 0.1) is 6.54 Å². The van der Waals surface area contributed by atoms with Crippen LogP contribution < -0.4 is 11.1 Å². The van der Waals surface area contributed by atoms with Crippen molar-refractivity contribution in [1.82, 2.24) is 10.2 Å². The fourth-order valence-corrected chi connectivity index (χ4v) is 3.73. The van der Waals surface area contributed by atoms with Gasteiger partial charge in [-0.3, -0.25) is 9.69 Å². The second-order valence-electron chi connectivity index (χ2n) is 6.69. The minimum Gasteiger partial charge on any atom is -0.369 e. The van der Waals surface area contributed by atoms with E-state index in [9.17, 15) is 4.79 Å². The second kappa shape index (κ2) is 10.4. The first-order valence-corrected chi connectivity index (χ1v) is 8.45. The van der Waals surface area contributed by atoms with E-state index in [4.69, 9.17) is 5.73 Å². The predicted molar refractivity (Wildman–Crippen MR) is 89.7 cm³/mol. The van der Waals surface area contributed by atoms with Gasteiger partial charge in [-0.2, -0.15) is 0 Å². The highest BCUT2D eigenvalue weighted by Crippen LogP contribution is 2.26. The van der Waals surface area contributed by atoms with Crippen molar-refractivity contribution in [2.75, 3.05) is 32.7 Å². The molecule has 1 saturated heterocycles. The fourth-order valence-electron chi connectivity index (χ4n) is 3.73. The molecule has 1 heterocycles. The summed E-state index contributed by atoms with van der Waals surface area (Å²) in [7, 11) is 0. The van der Waals surface area contributed by atoms with Crippen LogP contribution in [0.15, 0.2) is 0 Å². The van der Waals surface area contributed by atoms with Crippen molar-refractivity contribution in [2.24, 2.45) is 17.6 Å². The number of nitrogens with zero attached hydrogens (tertiary/aromatic N) is 1. The molecule has 0 unspecified atom stereocenters. The molecule has 21 heavy (non-hydrogen) atoms. The number of hydrogen-bond donors (Lipinski definition) is 2. The van der Waals surface area contributed by atoms with Crippen LogP contribution in [0.5, 0.6) is 0 Å². The minimum absolute atomic E-state index is 0. The third-order valence-electron chi connectivity index (χ3n) is 4.93. The number of piperidine rings is 1. The van der Waals surface area contributed by atoms with Crippen molar-refractivity contribution >= 4 is 18.3 Å². The van der Waals surface area contributed by atoms with Gasteiger partial charge < -0.3 is 11.1 Å². The lowest BCUT2D eigenvalue weighted by Gasteiger charge is -2.31. The number of carbonyl (C=O) groups excluding carboxylic acids is 1. The maximum absolute atomic E-state index is 11.3. The zero-order valence-electron chi connectivity index (χ0n) is 13.2. The van der Waals surface area contributed by atoms with Gasteiger partial charge in [-0.1, -0.05) is 32.1 Å². The lowest BCUT2D eigenvalue weighted by atomic mass is 9.87. The van der Waals surface area contributed by atoms with Crippen LogP contribution in [-0.4, -0.2) is 43.5 Å². The third-order valence-corrected chi connectivity index (χ3v) is 4.93. The molecule has 0 aromatic heterocycles. The average molecular weight is 318 g/mol. The SMILES string of the molecule is Cl.NC(=O)CN(CCC1CCCCC1)CC1CCNCC1. The van der Waals surface area contributed by atoms with Gasteiger partial charge in [0, 0.05) is 6.54 Å². The quantitative estimate of drug-likeness (QED) is 0.756. The smallest absolute Gasteiger partial charge is 0.231 e. The van der Waals surface area contributed by atoms with Gasteiger partial charge in [-0.05, 0) is 50.7 Å². The van der Waals surface area contributed by atoms with E-state index < -0.39 is 0 Å². The largest absolute Gasteiger partial charge is 0.369 e. The molecule has 2 fully saturated rings. The summed E-state index contributed by atoms with van der Waals surface area (Å²) in [5, 5.41) is 3.40. The van der Waals surface area contributed by atoms with E-state index in [0.29, 0.717) is 6.54 Å². The lowest BCUT2D eigenvalue weighted by molar-refractivity contribution is -0.119. The molecule has 1 aliphatic heterocycles. The molecule has 124 valence electrons. The summed E-state index contributed by atoms with van der Waals surface area (Å²) >= 11 is 0. The first-order chi connectivity index (χ1) is 9.74. The van der Waals surface area contributed by atoms with E-state index in [0.717, 1.165) is 38.0 Å². The van der Waals surface area contributed by atoms with Crippen LogP contribution in [0.2, 0.25) is 0 Å². The van der Waals surface area contributed by atoms with Crippen LogP contribution in [0.3, 0.4) is 0 Å². The molecule has 1 amide bonds. The number of primary amides is 1. The summed E-state index contributed by atoms with van der Waals surface area (Å²) < 4.78 is 0. The van der Waals surface area contributed by atoms with Gasteiger partial charge in [0.1, 0.15) is 0 Å². The number of hydrogen-bond acceptors (Lipinski definition) is 3. The Morgan fingerprint density at radius 2 is 1.71 bits per heavy atom. The van der Waals surface area contributed by atoms with Crippen LogP contribution in [0.1, 0.15) is 51.4 Å². The molecule has 0 aromatic rings. The molecule has 5 heteroatoms. The summed E-state index contributed by atoms with van der Waals surface area (Å²) in [6, 6.07) is 0. The maximum Gasteiger partial charge on any atom is 0.231 e. The average Bonchev–Trinajstić information content (AvgIpc) is 2.46. The van der Waals surface area contributed by atoms with Gasteiger partial charge in [0.15, 0.2) is 0 Å². The van der Waals surface area contributed by atoms with Crippen molar-refractivity contribution in [2.45, 2.75) is 51.4 Å². The Balaban J connectivity index is 0.00000220. The molecule has 2 aliphatic rings. The lowest BCUT2D eigenvalue weighted by Crippen LogP contribution is -2.41. The Labute approximate surface area is 135 Å². The molecular formula is C16H32ClN3O. The molecule has 1 saturated carbocycles. The van der Waals surface area contributed by atoms with Gasteiger partial charge >= 0.3 is 0 Å². The normalized spacial score (nSPS) is 21.2. The molecule has 0 spiro atoms. The van der Waals surface area contributed by atoms with E-state index in [1.54, 1.807) is 0 Å². The van der Waals surface area contributed by atoms with Gasteiger partial charge in [-0.15, -0.1) is 12.4 Å². The summed E-state index contributed by atoms with van der Waals surface area (Å²) in [5.74, 6) is 1.44. The minimum atomic E-state index is -0.178. The standard InChI is InChI=1S/C16H31N3O.ClH/c17-16(20)13-19(12-15-6-9-18-10-7-15)11-8-14-4-2-1-3-5-14;/h14-15,18H,1-13H2,(H2,17,20);1H. The summed E-state index contributed by atoms with van der Waals surface area (Å²) in [5.41, 5.74) is 5.41. The number of amides is 1. The molecule has 4 nitrogen and oxygen atoms in total. The van der Waals surface area contributed by atoms with E-state index in [2.05, 4.69) is 10.2 Å². The van der Waals surface area contributed by atoms with Crippen molar-refractivity contribution in [3.63, 3.8) is 0 Å². The Morgan fingerprint density at radius 1 is 1.05 bits per heavy atom. The highest BCUT2D eigenvalue weighted by Gasteiger charge is 2.20. The van der Waals surface area contributed by atoms with E-state index in [1.165, 1.54) is 51.4 Å². The molecule has 2 rings (SSSR count). The zero-order valence-corrected chi connectivity index (χ0v) is 14.0. The van der Waals surface area contributed by atoms with Crippen molar-refractivity contribution < 1.29 is 4.79 Å². The van der Waals surface area contributed by atoms with Crippen molar-refractivity contribution in [1.29, 1.82) is 0 Å². The monoisotopic (exact) mass is 317 g/mol. The molecule has 3 N–H and O–H groups in total. The van der Waals surface area contributed by atoms with Gasteiger partial charge in [-0.25, -0.2) is 0 Å². The van der Waals surface area contributed by atoms with Gasteiger partial charge in [0.25, 0.3) is 0 Å². The van der Waals surface area contributed by atoms with E-state index in [-0.39, 0.29) is 18.3 Å². The Morgan fingerprint density at radius 3 is 2.33 bits per heavy atom. The summed E-state index contributed by atoms with van der Waals surface area (Å²) in [6.45, 7) is 4.79. The Bertz CT molecular complexity index is 289. The second-order valence-corrected chi connectivity index (χ2v) is 6.69. The van der Waals surface area contributed by atoms with Crippen LogP contribution in [-0.2, 0) is 4.79 Å². The topological polar surface area (TPSA) is 58.4 Å². The van der Waals surface area contributed by atoms with Crippen molar-refractivity contribution in [3.05, 3.63) is 0 Å². The van der Waals surface area contributed by atoms with Crippen LogP contribution in [0.25, 0.3) is 0 Å². The van der Waals surface area contributed by atoms with E-state index >= 15 is 0 Å². The highest BCUT2D eigenvalue weighted by atomic mass is 35.5. The molecule has 1 aliphatic carbocycles. The first-order valence-electron chi connectivity index (χ1n) is 8.45. The molecule has 0 aromatic carbocycles. The third kappa shape index (κ3) is 7.48. The molecular weight excluding hydrogens is 286 g/mol.